The molecule has 1 aromatic heterocycles. The van der Waals surface area contributed by atoms with Gasteiger partial charge in [0.1, 0.15) is 4.88 Å². The highest BCUT2D eigenvalue weighted by molar-refractivity contribution is 7.99. The SMILES string of the molecule is CCCc1nnsc1C(=O)NCC1(OC)CCSCC1. The highest BCUT2D eigenvalue weighted by Crippen LogP contribution is 2.29. The number of carbonyl (C=O) groups excluding carboxylic acids is 1. The number of carbonyl (C=O) groups is 1. The molecule has 1 aliphatic rings. The zero-order valence-corrected chi connectivity index (χ0v) is 13.6. The molecule has 0 aromatic carbocycles. The van der Waals surface area contributed by atoms with Gasteiger partial charge in [0.25, 0.3) is 5.91 Å². The van der Waals surface area contributed by atoms with Crippen LogP contribution in [0.2, 0.25) is 0 Å². The Labute approximate surface area is 128 Å². The lowest BCUT2D eigenvalue weighted by atomic mass is 9.96. The predicted molar refractivity (Wildman–Crippen MR) is 82.5 cm³/mol. The number of hydrogen-bond acceptors (Lipinski definition) is 6. The average Bonchev–Trinajstić information content (AvgIpc) is 2.94. The first-order valence-electron chi connectivity index (χ1n) is 6.93. The van der Waals surface area contributed by atoms with Crippen molar-refractivity contribution in [3.8, 4) is 0 Å². The van der Waals surface area contributed by atoms with Gasteiger partial charge >= 0.3 is 0 Å². The number of thioether (sulfide) groups is 1. The summed E-state index contributed by atoms with van der Waals surface area (Å²) in [6.07, 6.45) is 3.73. The van der Waals surface area contributed by atoms with Crippen molar-refractivity contribution in [2.75, 3.05) is 25.2 Å². The molecule has 2 rings (SSSR count). The molecule has 1 fully saturated rings. The third-order valence-corrected chi connectivity index (χ3v) is 5.41. The molecule has 112 valence electrons. The lowest BCUT2D eigenvalue weighted by molar-refractivity contribution is -0.0149. The van der Waals surface area contributed by atoms with Crippen LogP contribution in [0.3, 0.4) is 0 Å². The smallest absolute Gasteiger partial charge is 0.265 e. The number of aryl methyl sites for hydroxylation is 1. The maximum absolute atomic E-state index is 12.3. The van der Waals surface area contributed by atoms with E-state index < -0.39 is 0 Å². The van der Waals surface area contributed by atoms with Gasteiger partial charge in [-0.1, -0.05) is 17.8 Å². The Morgan fingerprint density at radius 2 is 2.20 bits per heavy atom. The topological polar surface area (TPSA) is 64.1 Å². The summed E-state index contributed by atoms with van der Waals surface area (Å²) in [6, 6.07) is 0. The first-order chi connectivity index (χ1) is 9.71. The number of rotatable bonds is 6. The summed E-state index contributed by atoms with van der Waals surface area (Å²) < 4.78 is 9.56. The van der Waals surface area contributed by atoms with Crippen molar-refractivity contribution >= 4 is 29.2 Å². The molecule has 0 atom stereocenters. The van der Waals surface area contributed by atoms with Crippen LogP contribution in [0.1, 0.15) is 41.6 Å². The molecule has 1 saturated heterocycles. The molecule has 1 aromatic rings. The molecule has 1 amide bonds. The van der Waals surface area contributed by atoms with Crippen molar-refractivity contribution in [3.05, 3.63) is 10.6 Å². The standard InChI is InChI=1S/C13H21N3O2S2/c1-3-4-10-11(20-16-15-10)12(17)14-9-13(18-2)5-7-19-8-6-13/h3-9H2,1-2H3,(H,14,17). The quantitative estimate of drug-likeness (QED) is 0.871. The van der Waals surface area contributed by atoms with E-state index in [1.165, 1.54) is 11.5 Å². The van der Waals surface area contributed by atoms with Gasteiger partial charge in [0.2, 0.25) is 0 Å². The first kappa shape index (κ1) is 15.7. The van der Waals surface area contributed by atoms with Crippen LogP contribution in [0.25, 0.3) is 0 Å². The van der Waals surface area contributed by atoms with Gasteiger partial charge in [-0.15, -0.1) is 5.10 Å². The van der Waals surface area contributed by atoms with Gasteiger partial charge in [0.05, 0.1) is 11.3 Å². The minimum atomic E-state index is -0.204. The number of ether oxygens (including phenoxy) is 1. The van der Waals surface area contributed by atoms with Crippen LogP contribution in [-0.4, -0.2) is 46.3 Å². The molecule has 2 heterocycles. The second-order valence-corrected chi connectivity index (χ2v) is 6.96. The summed E-state index contributed by atoms with van der Waals surface area (Å²) in [5, 5.41) is 7.03. The fourth-order valence-corrected chi connectivity index (χ4v) is 4.16. The van der Waals surface area contributed by atoms with Gasteiger partial charge in [-0.05, 0) is 42.3 Å². The lowest BCUT2D eigenvalue weighted by Crippen LogP contribution is -2.46. The maximum Gasteiger partial charge on any atom is 0.265 e. The molecule has 0 unspecified atom stereocenters. The van der Waals surface area contributed by atoms with Crippen molar-refractivity contribution in [1.82, 2.24) is 14.9 Å². The highest BCUT2D eigenvalue weighted by atomic mass is 32.2. The van der Waals surface area contributed by atoms with E-state index >= 15 is 0 Å². The van der Waals surface area contributed by atoms with Crippen LogP contribution in [-0.2, 0) is 11.2 Å². The van der Waals surface area contributed by atoms with E-state index in [-0.39, 0.29) is 11.5 Å². The van der Waals surface area contributed by atoms with Crippen molar-refractivity contribution in [3.63, 3.8) is 0 Å². The van der Waals surface area contributed by atoms with Crippen LogP contribution >= 0.6 is 23.3 Å². The third-order valence-electron chi connectivity index (χ3n) is 3.66. The Balaban J connectivity index is 1.95. The number of amides is 1. The van der Waals surface area contributed by atoms with E-state index in [2.05, 4.69) is 21.8 Å². The molecule has 0 saturated carbocycles. The van der Waals surface area contributed by atoms with E-state index in [1.54, 1.807) is 7.11 Å². The molecule has 0 bridgehead atoms. The first-order valence-corrected chi connectivity index (χ1v) is 8.86. The molecule has 5 nitrogen and oxygen atoms in total. The number of hydrogen-bond donors (Lipinski definition) is 1. The molecule has 7 heteroatoms. The summed E-state index contributed by atoms with van der Waals surface area (Å²) in [5.41, 5.74) is 0.602. The van der Waals surface area contributed by atoms with Gasteiger partial charge in [0, 0.05) is 13.7 Å². The molecular formula is C13H21N3O2S2. The molecule has 20 heavy (non-hydrogen) atoms. The zero-order valence-electron chi connectivity index (χ0n) is 12.0. The van der Waals surface area contributed by atoms with Crippen molar-refractivity contribution in [2.24, 2.45) is 0 Å². The lowest BCUT2D eigenvalue weighted by Gasteiger charge is -2.35. The van der Waals surface area contributed by atoms with E-state index in [4.69, 9.17) is 4.74 Å². The van der Waals surface area contributed by atoms with Gasteiger partial charge in [-0.2, -0.15) is 11.8 Å². The summed E-state index contributed by atoms with van der Waals surface area (Å²) >= 11 is 3.12. The van der Waals surface area contributed by atoms with E-state index in [1.807, 2.05) is 11.8 Å². The van der Waals surface area contributed by atoms with Crippen LogP contribution in [0, 0.1) is 0 Å². The summed E-state index contributed by atoms with van der Waals surface area (Å²) in [4.78, 5) is 12.9. The molecule has 0 radical (unpaired) electrons. The minimum Gasteiger partial charge on any atom is -0.376 e. The molecule has 1 aliphatic heterocycles. The van der Waals surface area contributed by atoms with Crippen LogP contribution in [0.4, 0.5) is 0 Å². The molecule has 1 N–H and O–H groups in total. The number of nitrogens with one attached hydrogen (secondary N) is 1. The van der Waals surface area contributed by atoms with Crippen molar-refractivity contribution in [1.29, 1.82) is 0 Å². The Bertz CT molecular complexity index is 445. The Morgan fingerprint density at radius 1 is 1.45 bits per heavy atom. The Kier molecular flexibility index (Phi) is 5.80. The highest BCUT2D eigenvalue weighted by Gasteiger charge is 2.33. The number of aromatic nitrogens is 2. The monoisotopic (exact) mass is 315 g/mol. The van der Waals surface area contributed by atoms with Gasteiger partial charge in [-0.3, -0.25) is 4.79 Å². The number of methoxy groups -OCH3 is 1. The summed E-state index contributed by atoms with van der Waals surface area (Å²) in [5.74, 6) is 2.11. The van der Waals surface area contributed by atoms with Gasteiger partial charge in [-0.25, -0.2) is 0 Å². The average molecular weight is 315 g/mol. The van der Waals surface area contributed by atoms with Crippen LogP contribution in [0.5, 0.6) is 0 Å². The van der Waals surface area contributed by atoms with Gasteiger partial charge < -0.3 is 10.1 Å². The van der Waals surface area contributed by atoms with E-state index in [0.29, 0.717) is 11.4 Å². The van der Waals surface area contributed by atoms with E-state index in [9.17, 15) is 4.79 Å². The maximum atomic E-state index is 12.3. The van der Waals surface area contributed by atoms with Crippen molar-refractivity contribution < 1.29 is 9.53 Å². The normalized spacial score (nSPS) is 17.9. The minimum absolute atomic E-state index is 0.0712. The van der Waals surface area contributed by atoms with Gasteiger partial charge in [0.15, 0.2) is 0 Å². The fourth-order valence-electron chi connectivity index (χ4n) is 2.30. The molecule has 0 spiro atoms. The summed E-state index contributed by atoms with van der Waals surface area (Å²) in [6.45, 7) is 2.63. The Hall–Kier alpha value is -0.660. The van der Waals surface area contributed by atoms with Crippen LogP contribution in [0.15, 0.2) is 0 Å². The molecular weight excluding hydrogens is 294 g/mol. The van der Waals surface area contributed by atoms with Crippen LogP contribution < -0.4 is 5.32 Å². The van der Waals surface area contributed by atoms with E-state index in [0.717, 1.165) is 42.9 Å². The predicted octanol–water partition coefficient (Wildman–Crippen LogP) is 2.13. The fraction of sp³-hybridized carbons (Fsp3) is 0.769. The Morgan fingerprint density at radius 3 is 2.85 bits per heavy atom. The third kappa shape index (κ3) is 3.71. The summed E-state index contributed by atoms with van der Waals surface area (Å²) in [7, 11) is 1.74. The van der Waals surface area contributed by atoms with Crippen molar-refractivity contribution in [2.45, 2.75) is 38.2 Å². The largest absolute Gasteiger partial charge is 0.376 e. The second kappa shape index (κ2) is 7.38. The zero-order chi connectivity index (χ0) is 14.4. The number of nitrogens with zero attached hydrogens (tertiary/aromatic N) is 2. The molecule has 0 aliphatic carbocycles. The second-order valence-electron chi connectivity index (χ2n) is 4.98.